The lowest BCUT2D eigenvalue weighted by Crippen LogP contribution is -2.22. The van der Waals surface area contributed by atoms with Crippen LogP contribution in [0.15, 0.2) is 23.4 Å². The largest absolute Gasteiger partial charge is 0.341 e. The van der Waals surface area contributed by atoms with E-state index in [-0.39, 0.29) is 5.91 Å². The van der Waals surface area contributed by atoms with Gasteiger partial charge in [0.2, 0.25) is 11.9 Å². The zero-order chi connectivity index (χ0) is 18.2. The lowest BCUT2D eigenvalue weighted by molar-refractivity contribution is -0.113. The molecular formula is C20H25N5OS. The molecule has 2 aromatic rings. The van der Waals surface area contributed by atoms with Gasteiger partial charge >= 0.3 is 0 Å². The minimum atomic E-state index is 0.0195. The first kappa shape index (κ1) is 17.1. The van der Waals surface area contributed by atoms with E-state index in [0.717, 1.165) is 42.7 Å². The van der Waals surface area contributed by atoms with Crippen molar-refractivity contribution in [1.82, 2.24) is 14.8 Å². The summed E-state index contributed by atoms with van der Waals surface area (Å²) in [6, 6.07) is 6.81. The molecule has 27 heavy (non-hydrogen) atoms. The molecular weight excluding hydrogens is 358 g/mol. The van der Waals surface area contributed by atoms with Crippen LogP contribution in [0.3, 0.4) is 0 Å². The van der Waals surface area contributed by atoms with Gasteiger partial charge in [0.25, 0.3) is 0 Å². The second kappa shape index (κ2) is 7.19. The Kier molecular flexibility index (Phi) is 4.55. The standard InChI is InChI=1S/C20H25N5OS/c26-18(21-16-7-6-14-4-3-5-15(14)12-16)13-27-20-23-22-19(24-10-1-2-11-24)25(20)17-8-9-17/h6-7,12,17H,1-5,8-11,13H2,(H,21,26). The van der Waals surface area contributed by atoms with Gasteiger partial charge in [-0.15, -0.1) is 10.2 Å². The zero-order valence-corrected chi connectivity index (χ0v) is 16.3. The lowest BCUT2D eigenvalue weighted by atomic mass is 10.1. The van der Waals surface area contributed by atoms with Crippen molar-refractivity contribution in [2.45, 2.75) is 56.1 Å². The van der Waals surface area contributed by atoms with Crippen LogP contribution in [-0.4, -0.2) is 39.5 Å². The number of amides is 1. The number of hydrogen-bond donors (Lipinski definition) is 1. The Morgan fingerprint density at radius 2 is 1.93 bits per heavy atom. The van der Waals surface area contributed by atoms with Gasteiger partial charge in [0.05, 0.1) is 5.75 Å². The summed E-state index contributed by atoms with van der Waals surface area (Å²) in [5, 5.41) is 12.8. The Hall–Kier alpha value is -2.02. The van der Waals surface area contributed by atoms with Crippen molar-refractivity contribution in [3.05, 3.63) is 29.3 Å². The van der Waals surface area contributed by atoms with E-state index in [1.165, 1.54) is 55.0 Å². The Morgan fingerprint density at radius 3 is 2.74 bits per heavy atom. The summed E-state index contributed by atoms with van der Waals surface area (Å²) in [5.74, 6) is 1.38. The summed E-state index contributed by atoms with van der Waals surface area (Å²) in [6.45, 7) is 2.13. The molecule has 6 nitrogen and oxygen atoms in total. The molecule has 1 N–H and O–H groups in total. The average molecular weight is 384 g/mol. The van der Waals surface area contributed by atoms with Crippen molar-refractivity contribution in [2.24, 2.45) is 0 Å². The number of carbonyl (C=O) groups is 1. The first-order chi connectivity index (χ1) is 13.3. The highest BCUT2D eigenvalue weighted by atomic mass is 32.2. The third kappa shape index (κ3) is 3.57. The normalized spacial score (nSPS) is 18.7. The van der Waals surface area contributed by atoms with E-state index in [4.69, 9.17) is 0 Å². The summed E-state index contributed by atoms with van der Waals surface area (Å²) in [6.07, 6.45) is 8.33. The van der Waals surface area contributed by atoms with Crippen molar-refractivity contribution in [3.63, 3.8) is 0 Å². The topological polar surface area (TPSA) is 63.1 Å². The number of rotatable bonds is 6. The van der Waals surface area contributed by atoms with E-state index >= 15 is 0 Å². The maximum absolute atomic E-state index is 12.4. The van der Waals surface area contributed by atoms with Crippen LogP contribution in [0, 0.1) is 0 Å². The average Bonchev–Trinajstić information content (AvgIpc) is 3.08. The second-order valence-electron chi connectivity index (χ2n) is 7.75. The highest BCUT2D eigenvalue weighted by Crippen LogP contribution is 2.41. The smallest absolute Gasteiger partial charge is 0.234 e. The minimum Gasteiger partial charge on any atom is -0.341 e. The molecule has 2 heterocycles. The Labute approximate surface area is 163 Å². The van der Waals surface area contributed by atoms with E-state index in [9.17, 15) is 4.79 Å². The number of thioether (sulfide) groups is 1. The van der Waals surface area contributed by atoms with Crippen LogP contribution < -0.4 is 10.2 Å². The molecule has 1 saturated heterocycles. The molecule has 0 bridgehead atoms. The summed E-state index contributed by atoms with van der Waals surface area (Å²) < 4.78 is 2.26. The SMILES string of the molecule is O=C(CSc1nnc(N2CCCC2)n1C1CC1)Nc1ccc2c(c1)CCC2. The van der Waals surface area contributed by atoms with E-state index in [1.807, 2.05) is 6.07 Å². The number of nitrogens with zero attached hydrogens (tertiary/aromatic N) is 4. The summed E-state index contributed by atoms with van der Waals surface area (Å²) >= 11 is 1.50. The summed E-state index contributed by atoms with van der Waals surface area (Å²) in [4.78, 5) is 14.8. The molecule has 0 spiro atoms. The van der Waals surface area contributed by atoms with Crippen LogP contribution in [0.5, 0.6) is 0 Å². The molecule has 1 aromatic carbocycles. The molecule has 2 aliphatic carbocycles. The van der Waals surface area contributed by atoms with Crippen LogP contribution in [-0.2, 0) is 17.6 Å². The number of hydrogen-bond acceptors (Lipinski definition) is 5. The predicted octanol–water partition coefficient (Wildman–Crippen LogP) is 3.43. The van der Waals surface area contributed by atoms with E-state index in [2.05, 4.69) is 37.1 Å². The quantitative estimate of drug-likeness (QED) is 0.775. The van der Waals surface area contributed by atoms with Gasteiger partial charge in [-0.05, 0) is 68.2 Å². The number of aromatic nitrogens is 3. The van der Waals surface area contributed by atoms with Crippen molar-refractivity contribution in [1.29, 1.82) is 0 Å². The first-order valence-corrected chi connectivity index (χ1v) is 11.0. The number of fused-ring (bicyclic) bond motifs is 1. The number of nitrogens with one attached hydrogen (secondary N) is 1. The van der Waals surface area contributed by atoms with Crippen LogP contribution >= 0.6 is 11.8 Å². The molecule has 1 saturated carbocycles. The van der Waals surface area contributed by atoms with Crippen LogP contribution in [0.1, 0.15) is 49.3 Å². The molecule has 142 valence electrons. The second-order valence-corrected chi connectivity index (χ2v) is 8.69. The van der Waals surface area contributed by atoms with Gasteiger partial charge in [0, 0.05) is 24.8 Å². The van der Waals surface area contributed by atoms with Crippen molar-refractivity contribution in [2.75, 3.05) is 29.1 Å². The molecule has 0 unspecified atom stereocenters. The van der Waals surface area contributed by atoms with E-state index < -0.39 is 0 Å². The lowest BCUT2D eigenvalue weighted by Gasteiger charge is -2.17. The minimum absolute atomic E-state index is 0.0195. The van der Waals surface area contributed by atoms with Gasteiger partial charge in [0.1, 0.15) is 0 Å². The maximum atomic E-state index is 12.4. The van der Waals surface area contributed by atoms with Gasteiger partial charge in [-0.25, -0.2) is 0 Å². The third-order valence-electron chi connectivity index (χ3n) is 5.66. The Bertz CT molecular complexity index is 854. The molecule has 1 aromatic heterocycles. The van der Waals surface area contributed by atoms with E-state index in [1.54, 1.807) is 0 Å². The maximum Gasteiger partial charge on any atom is 0.234 e. The molecule has 1 amide bonds. The van der Waals surface area contributed by atoms with Crippen LogP contribution in [0.25, 0.3) is 0 Å². The molecule has 2 fully saturated rings. The monoisotopic (exact) mass is 383 g/mol. The molecule has 3 aliphatic rings. The van der Waals surface area contributed by atoms with Gasteiger partial charge in [-0.1, -0.05) is 17.8 Å². The van der Waals surface area contributed by atoms with Gasteiger partial charge in [-0.2, -0.15) is 0 Å². The molecule has 5 rings (SSSR count). The number of benzene rings is 1. The number of carbonyl (C=O) groups excluding carboxylic acids is 1. The molecule has 0 atom stereocenters. The van der Waals surface area contributed by atoms with Gasteiger partial charge in [-0.3, -0.25) is 9.36 Å². The fourth-order valence-electron chi connectivity index (χ4n) is 4.13. The number of anilines is 2. The Balaban J connectivity index is 1.24. The number of aryl methyl sites for hydroxylation is 2. The zero-order valence-electron chi connectivity index (χ0n) is 15.5. The molecule has 0 radical (unpaired) electrons. The summed E-state index contributed by atoms with van der Waals surface area (Å²) in [7, 11) is 0. The highest BCUT2D eigenvalue weighted by Gasteiger charge is 2.32. The van der Waals surface area contributed by atoms with E-state index in [0.29, 0.717) is 11.8 Å². The Morgan fingerprint density at radius 1 is 1.11 bits per heavy atom. The van der Waals surface area contributed by atoms with Crippen LogP contribution in [0.2, 0.25) is 0 Å². The molecule has 7 heteroatoms. The van der Waals surface area contributed by atoms with Crippen molar-refractivity contribution in [3.8, 4) is 0 Å². The van der Waals surface area contributed by atoms with Gasteiger partial charge in [0.15, 0.2) is 5.16 Å². The predicted molar refractivity (Wildman–Crippen MR) is 108 cm³/mol. The molecule has 1 aliphatic heterocycles. The fourth-order valence-corrected chi connectivity index (χ4v) is 4.93. The van der Waals surface area contributed by atoms with Crippen LogP contribution in [0.4, 0.5) is 11.6 Å². The van der Waals surface area contributed by atoms with Gasteiger partial charge < -0.3 is 10.2 Å². The first-order valence-electron chi connectivity index (χ1n) is 10.0. The fraction of sp³-hybridized carbons (Fsp3) is 0.550. The van der Waals surface area contributed by atoms with Crippen molar-refractivity contribution < 1.29 is 4.79 Å². The third-order valence-corrected chi connectivity index (χ3v) is 6.61. The summed E-state index contributed by atoms with van der Waals surface area (Å²) in [5.41, 5.74) is 3.71. The van der Waals surface area contributed by atoms with Crippen molar-refractivity contribution >= 4 is 29.3 Å². The highest BCUT2D eigenvalue weighted by molar-refractivity contribution is 7.99.